The van der Waals surface area contributed by atoms with E-state index in [1.807, 2.05) is 6.07 Å². The summed E-state index contributed by atoms with van der Waals surface area (Å²) in [4.78, 5) is 23.1. The van der Waals surface area contributed by atoms with Crippen molar-refractivity contribution in [1.82, 2.24) is 5.32 Å². The van der Waals surface area contributed by atoms with E-state index in [0.717, 1.165) is 0 Å². The van der Waals surface area contributed by atoms with Gasteiger partial charge in [0, 0.05) is 12.2 Å². The molecule has 0 radical (unpaired) electrons. The molecule has 0 unspecified atom stereocenters. The minimum absolute atomic E-state index is 0.136. The van der Waals surface area contributed by atoms with E-state index in [1.165, 1.54) is 0 Å². The van der Waals surface area contributed by atoms with Gasteiger partial charge in [-0.15, -0.1) is 6.58 Å². The van der Waals surface area contributed by atoms with E-state index in [-0.39, 0.29) is 12.5 Å². The van der Waals surface area contributed by atoms with Gasteiger partial charge >= 0.3 is 5.97 Å². The van der Waals surface area contributed by atoms with Crippen molar-refractivity contribution >= 4 is 17.6 Å². The van der Waals surface area contributed by atoms with Gasteiger partial charge in [-0.05, 0) is 19.1 Å². The van der Waals surface area contributed by atoms with Crippen LogP contribution in [0, 0.1) is 0 Å². The van der Waals surface area contributed by atoms with E-state index in [1.54, 1.807) is 31.2 Å². The Labute approximate surface area is 112 Å². The van der Waals surface area contributed by atoms with Gasteiger partial charge in [-0.2, -0.15) is 0 Å². The smallest absolute Gasteiger partial charge is 0.325 e. The van der Waals surface area contributed by atoms with E-state index in [0.29, 0.717) is 24.4 Å². The first-order valence-electron chi connectivity index (χ1n) is 6.06. The number of ether oxygens (including phenoxy) is 1. The summed E-state index contributed by atoms with van der Waals surface area (Å²) in [6, 6.07) is 7.07. The average Bonchev–Trinajstić information content (AvgIpc) is 2.43. The molecular weight excluding hydrogens is 244 g/mol. The third-order valence-electron chi connectivity index (χ3n) is 2.31. The zero-order valence-electron chi connectivity index (χ0n) is 10.9. The van der Waals surface area contributed by atoms with Gasteiger partial charge in [0.25, 0.3) is 5.91 Å². The summed E-state index contributed by atoms with van der Waals surface area (Å²) in [5.41, 5.74) is 1.18. The summed E-state index contributed by atoms with van der Waals surface area (Å²) in [5, 5.41) is 5.58. The fourth-order valence-electron chi connectivity index (χ4n) is 1.48. The molecule has 1 rings (SSSR count). The van der Waals surface area contributed by atoms with Crippen LogP contribution in [0.5, 0.6) is 0 Å². The molecule has 0 spiro atoms. The van der Waals surface area contributed by atoms with Crippen LogP contribution in [-0.4, -0.2) is 31.6 Å². The SMILES string of the molecule is C=CCNc1ccccc1C(=O)NCC(=O)OCC. The number of anilines is 1. The molecular formula is C14H18N2O3. The zero-order valence-corrected chi connectivity index (χ0v) is 10.9. The molecule has 0 bridgehead atoms. The molecule has 0 aromatic heterocycles. The van der Waals surface area contributed by atoms with Crippen LogP contribution >= 0.6 is 0 Å². The topological polar surface area (TPSA) is 67.4 Å². The second-order valence-electron chi connectivity index (χ2n) is 3.70. The molecule has 0 aliphatic carbocycles. The first-order chi connectivity index (χ1) is 9.19. The third kappa shape index (κ3) is 4.83. The Morgan fingerprint density at radius 3 is 2.79 bits per heavy atom. The number of benzene rings is 1. The predicted molar refractivity (Wildman–Crippen MR) is 74.1 cm³/mol. The fourth-order valence-corrected chi connectivity index (χ4v) is 1.48. The van der Waals surface area contributed by atoms with Crippen LogP contribution in [0.1, 0.15) is 17.3 Å². The largest absolute Gasteiger partial charge is 0.465 e. The molecule has 0 heterocycles. The average molecular weight is 262 g/mol. The number of nitrogens with one attached hydrogen (secondary N) is 2. The molecule has 0 saturated heterocycles. The van der Waals surface area contributed by atoms with E-state index in [2.05, 4.69) is 17.2 Å². The standard InChI is InChI=1S/C14H18N2O3/c1-3-9-15-12-8-6-5-7-11(12)14(18)16-10-13(17)19-4-2/h3,5-8,15H,1,4,9-10H2,2H3,(H,16,18). The van der Waals surface area contributed by atoms with Crippen molar-refractivity contribution in [3.05, 3.63) is 42.5 Å². The Hall–Kier alpha value is -2.30. The maximum atomic E-state index is 12.0. The van der Waals surface area contributed by atoms with Crippen molar-refractivity contribution in [3.8, 4) is 0 Å². The lowest BCUT2D eigenvalue weighted by molar-refractivity contribution is -0.141. The molecule has 0 aliphatic rings. The lowest BCUT2D eigenvalue weighted by Gasteiger charge is -2.10. The minimum atomic E-state index is -0.451. The van der Waals surface area contributed by atoms with Crippen LogP contribution in [0.2, 0.25) is 0 Å². The van der Waals surface area contributed by atoms with Gasteiger partial charge in [-0.3, -0.25) is 9.59 Å². The fraction of sp³-hybridized carbons (Fsp3) is 0.286. The first kappa shape index (κ1) is 14.8. The molecule has 1 amide bonds. The lowest BCUT2D eigenvalue weighted by atomic mass is 10.1. The van der Waals surface area contributed by atoms with Crippen molar-refractivity contribution in [2.45, 2.75) is 6.92 Å². The van der Waals surface area contributed by atoms with Gasteiger partial charge in [-0.1, -0.05) is 18.2 Å². The van der Waals surface area contributed by atoms with Crippen molar-refractivity contribution in [3.63, 3.8) is 0 Å². The monoisotopic (exact) mass is 262 g/mol. The number of amides is 1. The van der Waals surface area contributed by atoms with Crippen molar-refractivity contribution in [2.24, 2.45) is 0 Å². The van der Waals surface area contributed by atoms with Gasteiger partial charge in [0.1, 0.15) is 6.54 Å². The van der Waals surface area contributed by atoms with E-state index in [9.17, 15) is 9.59 Å². The summed E-state index contributed by atoms with van der Waals surface area (Å²) in [7, 11) is 0. The second-order valence-corrected chi connectivity index (χ2v) is 3.70. The zero-order chi connectivity index (χ0) is 14.1. The second kappa shape index (κ2) is 7.92. The van der Waals surface area contributed by atoms with E-state index < -0.39 is 5.97 Å². The van der Waals surface area contributed by atoms with Crippen molar-refractivity contribution < 1.29 is 14.3 Å². The quantitative estimate of drug-likeness (QED) is 0.578. The van der Waals surface area contributed by atoms with Crippen molar-refractivity contribution in [2.75, 3.05) is 25.0 Å². The maximum Gasteiger partial charge on any atom is 0.325 e. The van der Waals surface area contributed by atoms with Gasteiger partial charge in [0.05, 0.1) is 12.2 Å². The summed E-state index contributed by atoms with van der Waals surface area (Å²) >= 11 is 0. The van der Waals surface area contributed by atoms with Crippen LogP contribution in [0.4, 0.5) is 5.69 Å². The van der Waals surface area contributed by atoms with Crippen LogP contribution in [0.3, 0.4) is 0 Å². The Bertz CT molecular complexity index is 458. The van der Waals surface area contributed by atoms with Gasteiger partial charge < -0.3 is 15.4 Å². The number of hydrogen-bond donors (Lipinski definition) is 2. The molecule has 5 heteroatoms. The first-order valence-corrected chi connectivity index (χ1v) is 6.06. The predicted octanol–water partition coefficient (Wildman–Crippen LogP) is 1.58. The Morgan fingerprint density at radius 2 is 2.11 bits per heavy atom. The van der Waals surface area contributed by atoms with Crippen LogP contribution in [0.25, 0.3) is 0 Å². The molecule has 19 heavy (non-hydrogen) atoms. The summed E-state index contributed by atoms with van der Waals surface area (Å²) in [6.45, 7) is 6.04. The Morgan fingerprint density at radius 1 is 1.37 bits per heavy atom. The van der Waals surface area contributed by atoms with Gasteiger partial charge in [0.2, 0.25) is 0 Å². The number of hydrogen-bond acceptors (Lipinski definition) is 4. The summed E-state index contributed by atoms with van der Waals surface area (Å²) < 4.78 is 4.74. The molecule has 2 N–H and O–H groups in total. The van der Waals surface area contributed by atoms with E-state index in [4.69, 9.17) is 4.74 Å². The van der Waals surface area contributed by atoms with Crippen LogP contribution in [-0.2, 0) is 9.53 Å². The molecule has 5 nitrogen and oxygen atoms in total. The van der Waals surface area contributed by atoms with Gasteiger partial charge in [0.15, 0.2) is 0 Å². The van der Waals surface area contributed by atoms with Crippen LogP contribution in [0.15, 0.2) is 36.9 Å². The molecule has 0 saturated carbocycles. The highest BCUT2D eigenvalue weighted by Crippen LogP contribution is 2.14. The molecule has 1 aromatic rings. The minimum Gasteiger partial charge on any atom is -0.465 e. The number of carbonyl (C=O) groups is 2. The highest BCUT2D eigenvalue weighted by molar-refractivity contribution is 6.00. The van der Waals surface area contributed by atoms with E-state index >= 15 is 0 Å². The molecule has 0 atom stereocenters. The van der Waals surface area contributed by atoms with Gasteiger partial charge in [-0.25, -0.2) is 0 Å². The number of carbonyl (C=O) groups excluding carboxylic acids is 2. The lowest BCUT2D eigenvalue weighted by Crippen LogP contribution is -2.31. The highest BCUT2D eigenvalue weighted by Gasteiger charge is 2.11. The highest BCUT2D eigenvalue weighted by atomic mass is 16.5. The summed E-state index contributed by atoms with van der Waals surface area (Å²) in [6.07, 6.45) is 1.70. The van der Waals surface area contributed by atoms with Crippen LogP contribution < -0.4 is 10.6 Å². The maximum absolute atomic E-state index is 12.0. The number of para-hydroxylation sites is 1. The molecule has 0 fully saturated rings. The molecule has 1 aromatic carbocycles. The Kier molecular flexibility index (Phi) is 6.15. The third-order valence-corrected chi connectivity index (χ3v) is 2.31. The van der Waals surface area contributed by atoms with Crippen molar-refractivity contribution in [1.29, 1.82) is 0 Å². The normalized spacial score (nSPS) is 9.53. The summed E-state index contributed by atoms with van der Waals surface area (Å²) in [5.74, 6) is -0.771. The molecule has 0 aliphatic heterocycles. The molecule has 102 valence electrons. The number of esters is 1. The number of rotatable bonds is 7. The Balaban J connectivity index is 2.65.